The first kappa shape index (κ1) is 40.3. The second-order valence-electron chi connectivity index (χ2n) is 15.5. The Morgan fingerprint density at radius 2 is 1.06 bits per heavy atom. The first-order chi connectivity index (χ1) is 31.0. The van der Waals surface area contributed by atoms with E-state index in [1.807, 2.05) is 37.3 Å². The van der Waals surface area contributed by atoms with Gasteiger partial charge < -0.3 is 19.4 Å². The molecule has 1 atom stereocenters. The van der Waals surface area contributed by atoms with Crippen LogP contribution >= 0.6 is 0 Å². The summed E-state index contributed by atoms with van der Waals surface area (Å²) in [6, 6.07) is 66.2. The van der Waals surface area contributed by atoms with Gasteiger partial charge >= 0.3 is 0 Å². The van der Waals surface area contributed by atoms with Gasteiger partial charge in [-0.3, -0.25) is 0 Å². The molecule has 1 aliphatic carbocycles. The third-order valence-corrected chi connectivity index (χ3v) is 11.4. The minimum absolute atomic E-state index is 0.280. The maximum absolute atomic E-state index is 6.61. The van der Waals surface area contributed by atoms with Crippen molar-refractivity contribution in [2.24, 2.45) is 0 Å². The molecular formula is C59H49N3O. The van der Waals surface area contributed by atoms with Gasteiger partial charge in [0, 0.05) is 55.8 Å². The molecular weight excluding hydrogens is 767 g/mol. The lowest BCUT2D eigenvalue weighted by molar-refractivity contribution is 0.296. The fourth-order valence-corrected chi connectivity index (χ4v) is 8.46. The second kappa shape index (κ2) is 18.3. The van der Waals surface area contributed by atoms with Crippen molar-refractivity contribution in [1.82, 2.24) is 4.90 Å². The molecule has 8 aromatic carbocycles. The standard InChI is InChI=1S/C59H49N3O/c1-5-18-44(3)60(45(4)55-28-12-9-19-43(55)2)49-26-17-27-53(40-37-49)63-54-41-38-52(39-42-54)62(59-32-16-23-47-21-11-14-30-57(47)59)51-35-33-50(34-36-51)61(48-24-7-6-8-25-48)58-31-15-22-46-20-10-13-29-56(46)58/h5-42,53H,2-3H2,1,4H3/b18-5-,55-45+. The Morgan fingerprint density at radius 1 is 0.556 bits per heavy atom. The number of para-hydroxylation sites is 1. The van der Waals surface area contributed by atoms with E-state index < -0.39 is 0 Å². The van der Waals surface area contributed by atoms with E-state index >= 15 is 0 Å². The lowest BCUT2D eigenvalue weighted by atomic mass is 10.1. The van der Waals surface area contributed by atoms with Gasteiger partial charge in [0.25, 0.3) is 0 Å². The van der Waals surface area contributed by atoms with E-state index in [1.54, 1.807) is 0 Å². The molecule has 0 heterocycles. The maximum atomic E-state index is 6.61. The highest BCUT2D eigenvalue weighted by Crippen LogP contribution is 2.43. The van der Waals surface area contributed by atoms with Crippen LogP contribution in [0, 0.1) is 0 Å². The Kier molecular flexibility index (Phi) is 11.7. The summed E-state index contributed by atoms with van der Waals surface area (Å²) in [6.07, 6.45) is 14.2. The topological polar surface area (TPSA) is 19.0 Å². The van der Waals surface area contributed by atoms with Gasteiger partial charge in [-0.25, -0.2) is 0 Å². The summed E-state index contributed by atoms with van der Waals surface area (Å²) in [7, 11) is 0. The van der Waals surface area contributed by atoms with E-state index in [0.29, 0.717) is 0 Å². The molecule has 0 aliphatic heterocycles. The molecule has 0 spiro atoms. The maximum Gasteiger partial charge on any atom is 0.136 e. The van der Waals surface area contributed by atoms with Gasteiger partial charge in [0.2, 0.25) is 0 Å². The van der Waals surface area contributed by atoms with Crippen LogP contribution in [0.25, 0.3) is 33.8 Å². The van der Waals surface area contributed by atoms with Crippen molar-refractivity contribution in [2.45, 2.75) is 20.0 Å². The van der Waals surface area contributed by atoms with Gasteiger partial charge in [0.15, 0.2) is 0 Å². The van der Waals surface area contributed by atoms with Gasteiger partial charge in [0.1, 0.15) is 11.9 Å². The number of hydrogen-bond donors (Lipinski definition) is 0. The fourth-order valence-electron chi connectivity index (χ4n) is 8.46. The quantitative estimate of drug-likeness (QED) is 0.114. The number of benzene rings is 8. The zero-order chi connectivity index (χ0) is 43.1. The van der Waals surface area contributed by atoms with Crippen LogP contribution in [-0.4, -0.2) is 11.0 Å². The molecule has 63 heavy (non-hydrogen) atoms. The molecule has 306 valence electrons. The van der Waals surface area contributed by atoms with Crippen molar-refractivity contribution in [1.29, 1.82) is 0 Å². The molecule has 0 radical (unpaired) electrons. The molecule has 0 fully saturated rings. The molecule has 0 N–H and O–H groups in total. The number of rotatable bonds is 12. The van der Waals surface area contributed by atoms with Crippen molar-refractivity contribution < 1.29 is 4.74 Å². The summed E-state index contributed by atoms with van der Waals surface area (Å²) < 4.78 is 6.61. The van der Waals surface area contributed by atoms with Gasteiger partial charge in [-0.05, 0) is 133 Å². The van der Waals surface area contributed by atoms with Gasteiger partial charge in [-0.1, -0.05) is 141 Å². The number of fused-ring (bicyclic) bond motifs is 2. The number of allylic oxidation sites excluding steroid dienone is 5. The molecule has 8 aromatic rings. The normalized spacial score (nSPS) is 14.0. The third kappa shape index (κ3) is 8.48. The van der Waals surface area contributed by atoms with Crippen molar-refractivity contribution in [3.8, 4) is 5.75 Å². The fraction of sp³-hybridized carbons (Fsp3) is 0.0508. The van der Waals surface area contributed by atoms with Crippen LogP contribution in [0.5, 0.6) is 5.75 Å². The van der Waals surface area contributed by atoms with Gasteiger partial charge in [-0.15, -0.1) is 0 Å². The molecule has 0 saturated carbocycles. The lowest BCUT2D eigenvalue weighted by Crippen LogP contribution is -2.31. The van der Waals surface area contributed by atoms with Crippen LogP contribution in [0.2, 0.25) is 0 Å². The Morgan fingerprint density at radius 3 is 1.65 bits per heavy atom. The highest BCUT2D eigenvalue weighted by Gasteiger charge is 2.20. The third-order valence-electron chi connectivity index (χ3n) is 11.4. The Hall–Kier alpha value is -8.08. The number of hydrogen-bond acceptors (Lipinski definition) is 4. The van der Waals surface area contributed by atoms with Crippen molar-refractivity contribution >= 4 is 67.9 Å². The zero-order valence-corrected chi connectivity index (χ0v) is 35.7. The summed E-state index contributed by atoms with van der Waals surface area (Å²) in [4.78, 5) is 6.84. The summed E-state index contributed by atoms with van der Waals surface area (Å²) in [5, 5.41) is 6.78. The van der Waals surface area contributed by atoms with Crippen LogP contribution in [0.15, 0.2) is 249 Å². The first-order valence-electron chi connectivity index (χ1n) is 21.4. The number of anilines is 6. The van der Waals surface area contributed by atoms with Crippen LogP contribution in [0.1, 0.15) is 13.8 Å². The number of nitrogens with zero attached hydrogens (tertiary/aromatic N) is 3. The summed E-state index contributed by atoms with van der Waals surface area (Å²) >= 11 is 0. The minimum atomic E-state index is -0.280. The smallest absolute Gasteiger partial charge is 0.136 e. The van der Waals surface area contributed by atoms with Crippen LogP contribution in [-0.2, 0) is 0 Å². The summed E-state index contributed by atoms with van der Waals surface area (Å²) in [5.41, 5.74) is 9.34. The summed E-state index contributed by atoms with van der Waals surface area (Å²) in [5.74, 6) is 0.771. The highest BCUT2D eigenvalue weighted by molar-refractivity contribution is 6.00. The van der Waals surface area contributed by atoms with Crippen molar-refractivity contribution in [2.75, 3.05) is 9.80 Å². The molecule has 0 bridgehead atoms. The van der Waals surface area contributed by atoms with Crippen molar-refractivity contribution in [3.05, 3.63) is 259 Å². The minimum Gasteiger partial charge on any atom is -0.482 e. The molecule has 4 heteroatoms. The van der Waals surface area contributed by atoms with Crippen molar-refractivity contribution in [3.63, 3.8) is 0 Å². The van der Waals surface area contributed by atoms with E-state index in [4.69, 9.17) is 4.74 Å². The van der Waals surface area contributed by atoms with Gasteiger partial charge in [-0.2, -0.15) is 0 Å². The average Bonchev–Trinajstić information content (AvgIpc) is 3.56. The monoisotopic (exact) mass is 815 g/mol. The molecule has 9 rings (SSSR count). The van der Waals surface area contributed by atoms with E-state index in [9.17, 15) is 0 Å². The number of ether oxygens (including phenoxy) is 1. The highest BCUT2D eigenvalue weighted by atomic mass is 16.5. The second-order valence-corrected chi connectivity index (χ2v) is 15.5. The predicted molar refractivity (Wildman–Crippen MR) is 268 cm³/mol. The predicted octanol–water partition coefficient (Wildman–Crippen LogP) is 14.3. The van der Waals surface area contributed by atoms with E-state index in [0.717, 1.165) is 67.4 Å². The Bertz CT molecular complexity index is 3150. The summed E-state index contributed by atoms with van der Waals surface area (Å²) in [6.45, 7) is 12.8. The molecule has 1 aliphatic rings. The Labute approximate surface area is 370 Å². The molecule has 1 unspecified atom stereocenters. The Balaban J connectivity index is 1.03. The van der Waals surface area contributed by atoms with E-state index in [1.165, 1.54) is 21.5 Å². The van der Waals surface area contributed by atoms with Crippen LogP contribution in [0.3, 0.4) is 0 Å². The molecule has 0 aromatic heterocycles. The van der Waals surface area contributed by atoms with Crippen LogP contribution in [0.4, 0.5) is 34.1 Å². The largest absolute Gasteiger partial charge is 0.482 e. The van der Waals surface area contributed by atoms with Crippen LogP contribution < -0.4 is 25.0 Å². The zero-order valence-electron chi connectivity index (χ0n) is 35.7. The molecule has 0 saturated heterocycles. The SMILES string of the molecule is C=C(/C=C\C)N(C1=CC=CC(Oc2ccc(N(c3ccc(N(c4ccccc4)c4cccc5ccccc45)cc3)c3cccc4ccccc34)cc2)C=C1)/C(C)=c1\ccccc1=C. The molecule has 0 amide bonds. The lowest BCUT2D eigenvalue weighted by Gasteiger charge is -2.29. The first-order valence-corrected chi connectivity index (χ1v) is 21.4. The van der Waals surface area contributed by atoms with E-state index in [2.05, 4.69) is 235 Å². The average molecular weight is 816 g/mol. The van der Waals surface area contributed by atoms with E-state index in [-0.39, 0.29) is 6.10 Å². The molecule has 4 nitrogen and oxygen atoms in total. The van der Waals surface area contributed by atoms with Gasteiger partial charge in [0.05, 0.1) is 11.4 Å².